The molecule has 2 aromatic rings. The Balaban J connectivity index is 1.31. The van der Waals surface area contributed by atoms with E-state index in [1.165, 1.54) is 22.3 Å². The highest BCUT2D eigenvalue weighted by Crippen LogP contribution is 2.38. The second-order valence-electron chi connectivity index (χ2n) is 7.37. The summed E-state index contributed by atoms with van der Waals surface area (Å²) < 4.78 is 0. The number of hydrogen-bond acceptors (Lipinski definition) is 2. The highest BCUT2D eigenvalue weighted by Gasteiger charge is 2.41. The van der Waals surface area contributed by atoms with Crippen molar-refractivity contribution in [3.8, 4) is 11.1 Å². The topological polar surface area (TPSA) is 49.4 Å². The minimum atomic E-state index is -0.224. The smallest absolute Gasteiger partial charge is 0.229 e. The van der Waals surface area contributed by atoms with Gasteiger partial charge in [0, 0.05) is 24.7 Å². The molecule has 1 saturated carbocycles. The second kappa shape index (κ2) is 5.45. The van der Waals surface area contributed by atoms with Gasteiger partial charge in [-0.2, -0.15) is 0 Å². The molecular formula is C21H20N2O2. The quantitative estimate of drug-likeness (QED) is 0.801. The van der Waals surface area contributed by atoms with Crippen molar-refractivity contribution in [2.75, 3.05) is 11.9 Å². The van der Waals surface area contributed by atoms with Crippen LogP contribution in [-0.2, 0) is 16.0 Å². The van der Waals surface area contributed by atoms with Gasteiger partial charge in [0.1, 0.15) is 0 Å². The van der Waals surface area contributed by atoms with Gasteiger partial charge in [-0.3, -0.25) is 9.59 Å². The summed E-state index contributed by atoms with van der Waals surface area (Å²) >= 11 is 0. The molecule has 1 heterocycles. The third-order valence-corrected chi connectivity index (χ3v) is 5.58. The van der Waals surface area contributed by atoms with Crippen molar-refractivity contribution in [1.82, 2.24) is 4.90 Å². The molecule has 4 heteroatoms. The minimum Gasteiger partial charge on any atom is -0.339 e. The maximum Gasteiger partial charge on any atom is 0.229 e. The van der Waals surface area contributed by atoms with Crippen LogP contribution in [0.2, 0.25) is 0 Å². The monoisotopic (exact) mass is 332 g/mol. The third kappa shape index (κ3) is 2.53. The van der Waals surface area contributed by atoms with Gasteiger partial charge >= 0.3 is 0 Å². The molecule has 1 atom stereocenters. The minimum absolute atomic E-state index is 0.0352. The van der Waals surface area contributed by atoms with E-state index in [2.05, 4.69) is 41.7 Å². The molecule has 2 aromatic carbocycles. The standard InChI is InChI=1S/C21H20N2O2/c24-20-11-15(12-23(20)17-6-7-17)21(25)22-16-5-8-19-14(10-16)9-13-3-1-2-4-18(13)19/h1-5,8,10,15,17H,6-7,9,11-12H2,(H,22,25)/t15-/m0/s1. The molecule has 1 saturated heterocycles. The second-order valence-corrected chi connectivity index (χ2v) is 7.37. The van der Waals surface area contributed by atoms with Crippen molar-refractivity contribution in [3.05, 3.63) is 53.6 Å². The number of benzene rings is 2. The van der Waals surface area contributed by atoms with E-state index in [-0.39, 0.29) is 17.7 Å². The molecule has 5 rings (SSSR count). The maximum absolute atomic E-state index is 12.6. The zero-order chi connectivity index (χ0) is 17.0. The molecule has 3 aliphatic rings. The Hall–Kier alpha value is -2.62. The van der Waals surface area contributed by atoms with Gasteiger partial charge in [0.05, 0.1) is 5.92 Å². The zero-order valence-electron chi connectivity index (χ0n) is 14.0. The average Bonchev–Trinajstić information content (AvgIpc) is 3.27. The summed E-state index contributed by atoms with van der Waals surface area (Å²) in [6, 6.07) is 15.0. The molecule has 1 aliphatic heterocycles. The SMILES string of the molecule is O=C(Nc1ccc2c(c1)Cc1ccccc1-2)[C@H]1CC(=O)N(C2CC2)C1. The van der Waals surface area contributed by atoms with E-state index >= 15 is 0 Å². The highest BCUT2D eigenvalue weighted by molar-refractivity contribution is 5.97. The molecule has 2 fully saturated rings. The Morgan fingerprint density at radius 1 is 1.04 bits per heavy atom. The van der Waals surface area contributed by atoms with Crippen molar-refractivity contribution in [1.29, 1.82) is 0 Å². The summed E-state index contributed by atoms with van der Waals surface area (Å²) in [4.78, 5) is 26.5. The van der Waals surface area contributed by atoms with Gasteiger partial charge in [-0.15, -0.1) is 0 Å². The molecule has 2 amide bonds. The van der Waals surface area contributed by atoms with Gasteiger partial charge in [0.2, 0.25) is 11.8 Å². The molecule has 25 heavy (non-hydrogen) atoms. The Morgan fingerprint density at radius 3 is 2.68 bits per heavy atom. The Bertz CT molecular complexity index is 885. The fourth-order valence-electron chi connectivity index (χ4n) is 4.11. The Labute approximate surface area is 146 Å². The van der Waals surface area contributed by atoms with Gasteiger partial charge < -0.3 is 10.2 Å². The first-order valence-electron chi connectivity index (χ1n) is 9.00. The van der Waals surface area contributed by atoms with E-state index in [1.807, 2.05) is 11.0 Å². The van der Waals surface area contributed by atoms with Crippen LogP contribution in [0.3, 0.4) is 0 Å². The maximum atomic E-state index is 12.6. The largest absolute Gasteiger partial charge is 0.339 e. The van der Waals surface area contributed by atoms with Crippen LogP contribution in [0.4, 0.5) is 5.69 Å². The average molecular weight is 332 g/mol. The third-order valence-electron chi connectivity index (χ3n) is 5.58. The van der Waals surface area contributed by atoms with Crippen LogP contribution in [0.1, 0.15) is 30.4 Å². The number of rotatable bonds is 3. The van der Waals surface area contributed by atoms with Gasteiger partial charge in [-0.25, -0.2) is 0 Å². The molecule has 0 spiro atoms. The number of hydrogen-bond donors (Lipinski definition) is 1. The molecule has 126 valence electrons. The summed E-state index contributed by atoms with van der Waals surface area (Å²) in [6.45, 7) is 0.575. The van der Waals surface area contributed by atoms with E-state index in [1.54, 1.807) is 0 Å². The van der Waals surface area contributed by atoms with Crippen LogP contribution in [0.5, 0.6) is 0 Å². The van der Waals surface area contributed by atoms with Gasteiger partial charge in [-0.1, -0.05) is 30.3 Å². The van der Waals surface area contributed by atoms with Crippen LogP contribution in [0.25, 0.3) is 11.1 Å². The number of fused-ring (bicyclic) bond motifs is 3. The number of carbonyl (C=O) groups excluding carboxylic acids is 2. The van der Waals surface area contributed by atoms with E-state index in [4.69, 9.17) is 0 Å². The van der Waals surface area contributed by atoms with Crippen molar-refractivity contribution in [2.45, 2.75) is 31.7 Å². The van der Waals surface area contributed by atoms with Crippen molar-refractivity contribution in [2.24, 2.45) is 5.92 Å². The van der Waals surface area contributed by atoms with Gasteiger partial charge in [-0.05, 0) is 53.6 Å². The summed E-state index contributed by atoms with van der Waals surface area (Å²) in [5.74, 6) is -0.127. The fraction of sp³-hybridized carbons (Fsp3) is 0.333. The number of nitrogens with zero attached hydrogens (tertiary/aromatic N) is 1. The number of carbonyl (C=O) groups is 2. The lowest BCUT2D eigenvalue weighted by molar-refractivity contribution is -0.128. The van der Waals surface area contributed by atoms with Crippen molar-refractivity contribution < 1.29 is 9.59 Å². The van der Waals surface area contributed by atoms with Crippen LogP contribution in [0, 0.1) is 5.92 Å². The molecule has 0 radical (unpaired) electrons. The van der Waals surface area contributed by atoms with Gasteiger partial charge in [0.25, 0.3) is 0 Å². The first-order valence-corrected chi connectivity index (χ1v) is 9.00. The number of amides is 2. The molecule has 0 aromatic heterocycles. The number of anilines is 1. The normalized spacial score (nSPS) is 21.2. The van der Waals surface area contributed by atoms with Crippen LogP contribution >= 0.6 is 0 Å². The molecular weight excluding hydrogens is 312 g/mol. The van der Waals surface area contributed by atoms with E-state index in [9.17, 15) is 9.59 Å². The summed E-state index contributed by atoms with van der Waals surface area (Å²) in [5, 5.41) is 3.02. The number of likely N-dealkylation sites (tertiary alicyclic amines) is 1. The molecule has 1 N–H and O–H groups in total. The predicted octanol–water partition coefficient (Wildman–Crippen LogP) is 3.21. The van der Waals surface area contributed by atoms with E-state index in [0.717, 1.165) is 24.9 Å². The Kier molecular flexibility index (Phi) is 3.20. The molecule has 2 aliphatic carbocycles. The summed E-state index contributed by atoms with van der Waals surface area (Å²) in [5.41, 5.74) is 5.96. The number of nitrogens with one attached hydrogen (secondary N) is 1. The van der Waals surface area contributed by atoms with Crippen LogP contribution in [-0.4, -0.2) is 29.3 Å². The van der Waals surface area contributed by atoms with Crippen molar-refractivity contribution in [3.63, 3.8) is 0 Å². The van der Waals surface area contributed by atoms with Crippen molar-refractivity contribution >= 4 is 17.5 Å². The predicted molar refractivity (Wildman–Crippen MR) is 96.2 cm³/mol. The lowest BCUT2D eigenvalue weighted by atomic mass is 10.0. The molecule has 0 bridgehead atoms. The summed E-state index contributed by atoms with van der Waals surface area (Å²) in [7, 11) is 0. The van der Waals surface area contributed by atoms with E-state index < -0.39 is 0 Å². The summed E-state index contributed by atoms with van der Waals surface area (Å²) in [6.07, 6.45) is 3.43. The van der Waals surface area contributed by atoms with Crippen LogP contribution in [0.15, 0.2) is 42.5 Å². The molecule has 4 nitrogen and oxygen atoms in total. The fourth-order valence-corrected chi connectivity index (χ4v) is 4.11. The molecule has 0 unspecified atom stereocenters. The van der Waals surface area contributed by atoms with E-state index in [0.29, 0.717) is 19.0 Å². The highest BCUT2D eigenvalue weighted by atomic mass is 16.2. The first kappa shape index (κ1) is 14.7. The lowest BCUT2D eigenvalue weighted by Crippen LogP contribution is -2.29. The lowest BCUT2D eigenvalue weighted by Gasteiger charge is -2.15. The zero-order valence-corrected chi connectivity index (χ0v) is 14.0. The Morgan fingerprint density at radius 2 is 1.84 bits per heavy atom. The van der Waals surface area contributed by atoms with Crippen LogP contribution < -0.4 is 5.32 Å². The van der Waals surface area contributed by atoms with Gasteiger partial charge in [0.15, 0.2) is 0 Å². The first-order chi connectivity index (χ1) is 12.2.